The molecule has 160 valence electrons. The van der Waals surface area contributed by atoms with Gasteiger partial charge in [0.25, 0.3) is 11.1 Å². The maximum Gasteiger partial charge on any atom is 0.290 e. The summed E-state index contributed by atoms with van der Waals surface area (Å²) in [6, 6.07) is 0. The van der Waals surface area contributed by atoms with Crippen LogP contribution in [0.4, 0.5) is 5.82 Å². The zero-order valence-electron chi connectivity index (χ0n) is 15.4. The van der Waals surface area contributed by atoms with Gasteiger partial charge in [-0.25, -0.2) is 9.97 Å². The third-order valence-electron chi connectivity index (χ3n) is 3.61. The lowest BCUT2D eigenvalue weighted by Crippen LogP contribution is -2.39. The molecule has 4 rings (SSSR count). The normalized spacial score (nSPS) is 16.2. The summed E-state index contributed by atoms with van der Waals surface area (Å²) >= 11 is 9.27. The number of hydrogen-bond donors (Lipinski definition) is 3. The number of nitrogens with one attached hydrogen (secondary N) is 3. The van der Waals surface area contributed by atoms with E-state index in [0.717, 1.165) is 26.3 Å². The minimum absolute atomic E-state index is 0.157. The van der Waals surface area contributed by atoms with Gasteiger partial charge in [-0.3, -0.25) is 9.59 Å². The molecule has 0 aliphatic carbocycles. The number of anilines is 1. The Balaban J connectivity index is 0.000000171. The number of aromatic amines is 2. The Morgan fingerprint density at radius 1 is 0.828 bits per heavy atom. The molecule has 0 saturated carbocycles. The first-order chi connectivity index (χ1) is 14.0. The standard InChI is InChI=1S/C8H10BrN3O2.C4H2Br2N2O.C4H9NO/c9-6-5-10-8(13)7(11-6)12-1-3-14-4-2-12;5-2-1-7-4(9)3(6)8-2;1-3-6-4-2-5-1/h5H,1-4H2,(H,10,13);1H,(H,7,9);5H,1-4H2. The minimum atomic E-state index is -0.224. The fourth-order valence-electron chi connectivity index (χ4n) is 2.24. The molecule has 2 aromatic rings. The van der Waals surface area contributed by atoms with Crippen LogP contribution in [-0.2, 0) is 9.47 Å². The molecule has 2 aliphatic heterocycles. The zero-order chi connectivity index (χ0) is 21.1. The van der Waals surface area contributed by atoms with Gasteiger partial charge in [-0.1, -0.05) is 0 Å². The molecule has 2 saturated heterocycles. The highest BCUT2D eigenvalue weighted by Crippen LogP contribution is 2.10. The summed E-state index contributed by atoms with van der Waals surface area (Å²) in [6.45, 7) is 6.56. The summed E-state index contributed by atoms with van der Waals surface area (Å²) < 4.78 is 11.7. The number of rotatable bonds is 1. The van der Waals surface area contributed by atoms with Crippen molar-refractivity contribution in [3.63, 3.8) is 0 Å². The predicted octanol–water partition coefficient (Wildman–Crippen LogP) is 1.27. The molecule has 2 aliphatic rings. The van der Waals surface area contributed by atoms with E-state index in [9.17, 15) is 9.59 Å². The number of halogens is 3. The summed E-state index contributed by atoms with van der Waals surface area (Å²) in [6.07, 6.45) is 3.01. The lowest BCUT2D eigenvalue weighted by atomic mass is 10.4. The van der Waals surface area contributed by atoms with Gasteiger partial charge in [0.15, 0.2) is 10.4 Å². The van der Waals surface area contributed by atoms with Gasteiger partial charge in [0, 0.05) is 38.6 Å². The van der Waals surface area contributed by atoms with E-state index in [4.69, 9.17) is 9.47 Å². The van der Waals surface area contributed by atoms with Crippen LogP contribution in [0.1, 0.15) is 0 Å². The number of morpholine rings is 2. The van der Waals surface area contributed by atoms with E-state index < -0.39 is 0 Å². The van der Waals surface area contributed by atoms with Gasteiger partial charge >= 0.3 is 0 Å². The van der Waals surface area contributed by atoms with Crippen molar-refractivity contribution < 1.29 is 9.47 Å². The second-order valence-corrected chi connectivity index (χ2v) is 8.06. The summed E-state index contributed by atoms with van der Waals surface area (Å²) in [7, 11) is 0. The summed E-state index contributed by atoms with van der Waals surface area (Å²) in [5, 5.41) is 3.16. The van der Waals surface area contributed by atoms with Crippen LogP contribution < -0.4 is 21.3 Å². The SMILES string of the molecule is C1COCCN1.O=c1[nH]cc(Br)nc1Br.O=c1[nH]cc(Br)nc1N1CCOCC1. The first-order valence-corrected chi connectivity index (χ1v) is 11.1. The third-order valence-corrected chi connectivity index (χ3v) is 4.96. The zero-order valence-corrected chi connectivity index (χ0v) is 20.2. The highest BCUT2D eigenvalue weighted by atomic mass is 79.9. The van der Waals surface area contributed by atoms with Crippen molar-refractivity contribution in [2.45, 2.75) is 0 Å². The van der Waals surface area contributed by atoms with Gasteiger partial charge in [0.05, 0.1) is 26.4 Å². The van der Waals surface area contributed by atoms with Crippen LogP contribution in [0, 0.1) is 0 Å². The Kier molecular flexibility index (Phi) is 11.0. The molecule has 0 spiro atoms. The Hall–Kier alpha value is -1.12. The van der Waals surface area contributed by atoms with Crippen LogP contribution in [0.5, 0.6) is 0 Å². The molecule has 0 unspecified atom stereocenters. The van der Waals surface area contributed by atoms with Crippen LogP contribution in [0.3, 0.4) is 0 Å². The Labute approximate surface area is 192 Å². The van der Waals surface area contributed by atoms with Crippen molar-refractivity contribution in [2.75, 3.05) is 57.5 Å². The van der Waals surface area contributed by atoms with E-state index in [1.54, 1.807) is 0 Å². The first kappa shape index (κ1) is 24.2. The van der Waals surface area contributed by atoms with E-state index in [0.29, 0.717) is 41.3 Å². The molecular formula is C16H21Br3N6O4. The van der Waals surface area contributed by atoms with Gasteiger partial charge in [0.2, 0.25) is 0 Å². The van der Waals surface area contributed by atoms with E-state index in [1.165, 1.54) is 12.4 Å². The van der Waals surface area contributed by atoms with Crippen LogP contribution in [0.15, 0.2) is 35.8 Å². The average molecular weight is 601 g/mol. The molecule has 0 amide bonds. The molecule has 2 fully saturated rings. The van der Waals surface area contributed by atoms with Crippen LogP contribution in [-0.4, -0.2) is 72.5 Å². The topological polar surface area (TPSA) is 125 Å². The smallest absolute Gasteiger partial charge is 0.290 e. The third kappa shape index (κ3) is 9.05. The summed E-state index contributed by atoms with van der Waals surface area (Å²) in [5.74, 6) is 0.461. The van der Waals surface area contributed by atoms with Crippen molar-refractivity contribution in [3.05, 3.63) is 46.9 Å². The molecule has 0 bridgehead atoms. The lowest BCUT2D eigenvalue weighted by molar-refractivity contribution is 0.109. The van der Waals surface area contributed by atoms with E-state index in [1.807, 2.05) is 4.90 Å². The Morgan fingerprint density at radius 2 is 1.38 bits per heavy atom. The monoisotopic (exact) mass is 598 g/mol. The number of ether oxygens (including phenoxy) is 2. The summed E-state index contributed by atoms with van der Waals surface area (Å²) in [4.78, 5) is 36.9. The quantitative estimate of drug-likeness (QED) is 0.447. The number of nitrogens with zero attached hydrogens (tertiary/aromatic N) is 3. The molecule has 3 N–H and O–H groups in total. The highest BCUT2D eigenvalue weighted by molar-refractivity contribution is 9.11. The molecule has 0 aromatic carbocycles. The van der Waals surface area contributed by atoms with E-state index in [-0.39, 0.29) is 15.7 Å². The average Bonchev–Trinajstić information content (AvgIpc) is 2.75. The van der Waals surface area contributed by atoms with Crippen molar-refractivity contribution in [3.8, 4) is 0 Å². The predicted molar refractivity (Wildman–Crippen MR) is 120 cm³/mol. The first-order valence-electron chi connectivity index (χ1n) is 8.74. The maximum atomic E-state index is 11.4. The van der Waals surface area contributed by atoms with E-state index >= 15 is 0 Å². The minimum Gasteiger partial charge on any atom is -0.379 e. The van der Waals surface area contributed by atoms with Gasteiger partial charge in [-0.05, 0) is 47.8 Å². The molecule has 0 radical (unpaired) electrons. The Bertz CT molecular complexity index is 857. The van der Waals surface area contributed by atoms with Crippen molar-refractivity contribution in [2.24, 2.45) is 0 Å². The molecule has 0 atom stereocenters. The van der Waals surface area contributed by atoms with Crippen molar-refractivity contribution in [1.82, 2.24) is 25.3 Å². The fraction of sp³-hybridized carbons (Fsp3) is 0.500. The second-order valence-electron chi connectivity index (χ2n) is 5.68. The molecule has 4 heterocycles. The number of hydrogen-bond acceptors (Lipinski definition) is 8. The van der Waals surface area contributed by atoms with Gasteiger partial charge in [-0.2, -0.15) is 0 Å². The molecule has 29 heavy (non-hydrogen) atoms. The second kappa shape index (κ2) is 13.2. The van der Waals surface area contributed by atoms with Gasteiger partial charge in [0.1, 0.15) is 9.21 Å². The van der Waals surface area contributed by atoms with Gasteiger partial charge < -0.3 is 29.7 Å². The molecule has 10 nitrogen and oxygen atoms in total. The Morgan fingerprint density at radius 3 is 1.86 bits per heavy atom. The largest absolute Gasteiger partial charge is 0.379 e. The fourth-order valence-corrected chi connectivity index (χ4v) is 3.36. The van der Waals surface area contributed by atoms with Crippen LogP contribution in [0.2, 0.25) is 0 Å². The van der Waals surface area contributed by atoms with E-state index in [2.05, 4.69) is 73.0 Å². The highest BCUT2D eigenvalue weighted by Gasteiger charge is 2.15. The van der Waals surface area contributed by atoms with Gasteiger partial charge in [-0.15, -0.1) is 0 Å². The van der Waals surface area contributed by atoms with Crippen LogP contribution >= 0.6 is 47.8 Å². The summed E-state index contributed by atoms with van der Waals surface area (Å²) in [5.41, 5.74) is -0.381. The maximum absolute atomic E-state index is 11.4. The van der Waals surface area contributed by atoms with Crippen molar-refractivity contribution in [1.29, 1.82) is 0 Å². The van der Waals surface area contributed by atoms with Crippen LogP contribution in [0.25, 0.3) is 0 Å². The lowest BCUT2D eigenvalue weighted by Gasteiger charge is -2.26. The molecule has 13 heteroatoms. The number of H-pyrrole nitrogens is 2. The molecule has 2 aromatic heterocycles. The number of aromatic nitrogens is 4. The van der Waals surface area contributed by atoms with Crippen molar-refractivity contribution >= 4 is 53.6 Å². The molecular weight excluding hydrogens is 580 g/mol.